The van der Waals surface area contributed by atoms with Gasteiger partial charge in [0.1, 0.15) is 10.7 Å². The highest BCUT2D eigenvalue weighted by Gasteiger charge is 2.23. The Morgan fingerprint density at radius 1 is 1.53 bits per heavy atom. The zero-order valence-electron chi connectivity index (χ0n) is 9.92. The molecular formula is C11H13BrClFN2O2S. The number of hydrogen-bond donors (Lipinski definition) is 2. The average molecular weight is 372 g/mol. The molecule has 0 aliphatic carbocycles. The third-order valence-electron chi connectivity index (χ3n) is 2.95. The van der Waals surface area contributed by atoms with Crippen molar-refractivity contribution in [1.82, 2.24) is 10.0 Å². The standard InChI is InChI=1S/C11H13BrClFN2O2S/c12-8-4-10(14)11(5-9(8)13)19(17,18)16-6-7-2-1-3-15-7/h4-5,7,15-16H,1-3,6H2. The summed E-state index contributed by atoms with van der Waals surface area (Å²) in [5.74, 6) is -0.830. The van der Waals surface area contributed by atoms with E-state index in [9.17, 15) is 12.8 Å². The summed E-state index contributed by atoms with van der Waals surface area (Å²) in [6, 6.07) is 2.25. The Morgan fingerprint density at radius 2 is 2.26 bits per heavy atom. The minimum atomic E-state index is -3.89. The molecule has 0 saturated carbocycles. The molecule has 4 nitrogen and oxygen atoms in total. The van der Waals surface area contributed by atoms with Crippen molar-refractivity contribution in [2.24, 2.45) is 0 Å². The van der Waals surface area contributed by atoms with Crippen LogP contribution in [-0.4, -0.2) is 27.5 Å². The van der Waals surface area contributed by atoms with Crippen molar-refractivity contribution in [3.8, 4) is 0 Å². The average Bonchev–Trinajstić information content (AvgIpc) is 2.84. The van der Waals surface area contributed by atoms with Gasteiger partial charge in [0, 0.05) is 17.1 Å². The van der Waals surface area contributed by atoms with Crippen LogP contribution in [0, 0.1) is 5.82 Å². The second kappa shape index (κ2) is 6.05. The first-order valence-electron chi connectivity index (χ1n) is 5.78. The maximum Gasteiger partial charge on any atom is 0.243 e. The first-order valence-corrected chi connectivity index (χ1v) is 8.43. The minimum Gasteiger partial charge on any atom is -0.313 e. The molecule has 1 heterocycles. The fourth-order valence-electron chi connectivity index (χ4n) is 1.93. The van der Waals surface area contributed by atoms with Gasteiger partial charge in [0.2, 0.25) is 10.0 Å². The molecule has 0 radical (unpaired) electrons. The summed E-state index contributed by atoms with van der Waals surface area (Å²) in [5, 5.41) is 3.31. The molecule has 0 spiro atoms. The lowest BCUT2D eigenvalue weighted by molar-refractivity contribution is 0.538. The molecule has 0 aromatic heterocycles. The number of hydrogen-bond acceptors (Lipinski definition) is 3. The molecule has 19 heavy (non-hydrogen) atoms. The van der Waals surface area contributed by atoms with Crippen LogP contribution >= 0.6 is 27.5 Å². The highest BCUT2D eigenvalue weighted by atomic mass is 79.9. The SMILES string of the molecule is O=S(=O)(NCC1CCCN1)c1cc(Cl)c(Br)cc1F. The van der Waals surface area contributed by atoms with E-state index in [4.69, 9.17) is 11.6 Å². The van der Waals surface area contributed by atoms with Gasteiger partial charge >= 0.3 is 0 Å². The lowest BCUT2D eigenvalue weighted by Crippen LogP contribution is -2.37. The molecule has 1 aromatic carbocycles. The number of nitrogens with one attached hydrogen (secondary N) is 2. The molecule has 8 heteroatoms. The van der Waals surface area contributed by atoms with Gasteiger partial charge in [-0.2, -0.15) is 0 Å². The Balaban J connectivity index is 2.16. The minimum absolute atomic E-state index is 0.101. The van der Waals surface area contributed by atoms with Crippen LogP contribution in [-0.2, 0) is 10.0 Å². The Morgan fingerprint density at radius 3 is 2.89 bits per heavy atom. The van der Waals surface area contributed by atoms with Crippen LogP contribution in [0.1, 0.15) is 12.8 Å². The summed E-state index contributed by atoms with van der Waals surface area (Å²) in [5.41, 5.74) is 0. The van der Waals surface area contributed by atoms with Crippen LogP contribution in [0.5, 0.6) is 0 Å². The second-order valence-electron chi connectivity index (χ2n) is 4.34. The summed E-state index contributed by atoms with van der Waals surface area (Å²) in [7, 11) is -3.89. The van der Waals surface area contributed by atoms with Crippen LogP contribution in [0.2, 0.25) is 5.02 Å². The largest absolute Gasteiger partial charge is 0.313 e. The summed E-state index contributed by atoms with van der Waals surface area (Å²) >= 11 is 8.84. The normalized spacial score (nSPS) is 19.8. The lowest BCUT2D eigenvalue weighted by Gasteiger charge is -2.13. The zero-order valence-corrected chi connectivity index (χ0v) is 13.1. The van der Waals surface area contributed by atoms with Crippen LogP contribution in [0.3, 0.4) is 0 Å². The van der Waals surface area contributed by atoms with Gasteiger partial charge in [0.25, 0.3) is 0 Å². The van der Waals surface area contributed by atoms with Gasteiger partial charge in [-0.1, -0.05) is 11.6 Å². The predicted octanol–water partition coefficient (Wildman–Crippen LogP) is 2.27. The van der Waals surface area contributed by atoms with Crippen molar-refractivity contribution in [3.63, 3.8) is 0 Å². The van der Waals surface area contributed by atoms with E-state index in [1.807, 2.05) is 0 Å². The highest BCUT2D eigenvalue weighted by molar-refractivity contribution is 9.10. The Labute approximate surface area is 124 Å². The van der Waals surface area contributed by atoms with Gasteiger partial charge in [-0.15, -0.1) is 0 Å². The van der Waals surface area contributed by atoms with E-state index >= 15 is 0 Å². The van der Waals surface area contributed by atoms with E-state index in [1.54, 1.807) is 0 Å². The first-order chi connectivity index (χ1) is 8.90. The van der Waals surface area contributed by atoms with Gasteiger partial charge in [-0.3, -0.25) is 0 Å². The molecule has 1 fully saturated rings. The summed E-state index contributed by atoms with van der Waals surface area (Å²) < 4.78 is 40.5. The molecule has 1 aliphatic rings. The molecule has 0 bridgehead atoms. The van der Waals surface area contributed by atoms with Crippen LogP contribution in [0.4, 0.5) is 4.39 Å². The van der Waals surface area contributed by atoms with E-state index in [-0.39, 0.29) is 17.6 Å². The molecule has 1 saturated heterocycles. The molecule has 1 unspecified atom stereocenters. The quantitative estimate of drug-likeness (QED) is 0.798. The van der Waals surface area contributed by atoms with Gasteiger partial charge in [0.05, 0.1) is 5.02 Å². The van der Waals surface area contributed by atoms with Gasteiger partial charge in [-0.25, -0.2) is 17.5 Å². The highest BCUT2D eigenvalue weighted by Crippen LogP contribution is 2.27. The van der Waals surface area contributed by atoms with Crippen LogP contribution in [0.25, 0.3) is 0 Å². The van der Waals surface area contributed by atoms with E-state index in [0.717, 1.165) is 31.5 Å². The Hall–Kier alpha value is -0.210. The van der Waals surface area contributed by atoms with Crippen molar-refractivity contribution in [2.45, 2.75) is 23.8 Å². The number of sulfonamides is 1. The third-order valence-corrected chi connectivity index (χ3v) is 5.58. The fraction of sp³-hybridized carbons (Fsp3) is 0.455. The molecule has 2 N–H and O–H groups in total. The van der Waals surface area contributed by atoms with Crippen molar-refractivity contribution in [2.75, 3.05) is 13.1 Å². The topological polar surface area (TPSA) is 58.2 Å². The zero-order chi connectivity index (χ0) is 14.0. The molecule has 106 valence electrons. The third kappa shape index (κ3) is 3.66. The molecule has 1 atom stereocenters. The monoisotopic (exact) mass is 370 g/mol. The fourth-order valence-corrected chi connectivity index (χ4v) is 3.64. The number of benzene rings is 1. The van der Waals surface area contributed by atoms with E-state index in [1.165, 1.54) is 0 Å². The van der Waals surface area contributed by atoms with E-state index in [0.29, 0.717) is 4.47 Å². The lowest BCUT2D eigenvalue weighted by atomic mass is 10.2. The number of halogens is 3. The van der Waals surface area contributed by atoms with Gasteiger partial charge in [-0.05, 0) is 47.4 Å². The maximum atomic E-state index is 13.7. The van der Waals surface area contributed by atoms with Gasteiger partial charge < -0.3 is 5.32 Å². The molecule has 1 aromatic rings. The predicted molar refractivity (Wildman–Crippen MR) is 75.3 cm³/mol. The second-order valence-corrected chi connectivity index (χ2v) is 7.34. The van der Waals surface area contributed by atoms with Crippen molar-refractivity contribution < 1.29 is 12.8 Å². The van der Waals surface area contributed by atoms with Gasteiger partial charge in [0.15, 0.2) is 0 Å². The Kier molecular flexibility index (Phi) is 4.84. The van der Waals surface area contributed by atoms with Crippen LogP contribution < -0.4 is 10.0 Å². The van der Waals surface area contributed by atoms with Crippen molar-refractivity contribution in [3.05, 3.63) is 27.4 Å². The molecule has 1 aliphatic heterocycles. The van der Waals surface area contributed by atoms with Crippen LogP contribution in [0.15, 0.2) is 21.5 Å². The summed E-state index contributed by atoms with van der Waals surface area (Å²) in [4.78, 5) is -0.432. The smallest absolute Gasteiger partial charge is 0.243 e. The number of rotatable bonds is 4. The Bertz CT molecular complexity index is 576. The summed E-state index contributed by atoms with van der Waals surface area (Å²) in [6.07, 6.45) is 1.93. The van der Waals surface area contributed by atoms with E-state index < -0.39 is 20.7 Å². The maximum absolute atomic E-state index is 13.7. The molecule has 2 rings (SSSR count). The van der Waals surface area contributed by atoms with Crippen molar-refractivity contribution >= 4 is 37.6 Å². The van der Waals surface area contributed by atoms with Crippen molar-refractivity contribution in [1.29, 1.82) is 0 Å². The molecular weight excluding hydrogens is 359 g/mol. The molecule has 0 amide bonds. The first kappa shape index (κ1) is 15.2. The van der Waals surface area contributed by atoms with E-state index in [2.05, 4.69) is 26.0 Å². The summed E-state index contributed by atoms with van der Waals surface area (Å²) in [6.45, 7) is 1.13.